The Labute approximate surface area is 243 Å². The molecule has 8 nitrogen and oxygen atoms in total. The lowest BCUT2D eigenvalue weighted by Crippen LogP contribution is -2.63. The van der Waals surface area contributed by atoms with Crippen molar-refractivity contribution >= 4 is 57.2 Å². The van der Waals surface area contributed by atoms with E-state index in [9.17, 15) is 14.4 Å². The molecule has 4 aromatic carbocycles. The van der Waals surface area contributed by atoms with Crippen LogP contribution < -0.4 is 26.6 Å². The molecule has 41 heavy (non-hydrogen) atoms. The molecule has 5 rings (SSSR count). The summed E-state index contributed by atoms with van der Waals surface area (Å²) >= 11 is 6.47. The second-order valence-electron chi connectivity index (χ2n) is 10.5. The van der Waals surface area contributed by atoms with E-state index in [1.54, 1.807) is 61.3 Å². The summed E-state index contributed by atoms with van der Waals surface area (Å²) in [4.78, 5) is 44.6. The lowest BCUT2D eigenvalue weighted by atomic mass is 9.83. The number of nitrogens with zero attached hydrogens (tertiary/aromatic N) is 2. The molecule has 4 aromatic rings. The average Bonchev–Trinajstić information content (AvgIpc) is 3.08. The first-order valence-electron chi connectivity index (χ1n) is 13.3. The Kier molecular flexibility index (Phi) is 7.46. The topological polar surface area (TPSA) is 122 Å². The van der Waals surface area contributed by atoms with Crippen LogP contribution in [0.15, 0.2) is 78.9 Å². The Hall–Kier alpha value is -4.40. The number of fused-ring (bicyclic) bond motifs is 2. The van der Waals surface area contributed by atoms with Gasteiger partial charge in [-0.3, -0.25) is 14.4 Å². The van der Waals surface area contributed by atoms with Gasteiger partial charge in [0.1, 0.15) is 5.54 Å². The second-order valence-corrected chi connectivity index (χ2v) is 11.0. The lowest BCUT2D eigenvalue weighted by Gasteiger charge is -2.36. The number of nitrogens with one attached hydrogen (secondary N) is 1. The molecule has 1 heterocycles. The van der Waals surface area contributed by atoms with Crippen LogP contribution in [-0.2, 0) is 16.1 Å². The van der Waals surface area contributed by atoms with Crippen LogP contribution in [0, 0.1) is 12.8 Å². The van der Waals surface area contributed by atoms with Gasteiger partial charge in [-0.15, -0.1) is 0 Å². The zero-order valence-corrected chi connectivity index (χ0v) is 23.9. The van der Waals surface area contributed by atoms with Crippen LogP contribution in [0.5, 0.6) is 0 Å². The van der Waals surface area contributed by atoms with Crippen LogP contribution in [0.2, 0.25) is 5.02 Å². The minimum Gasteiger partial charge on any atom is -0.399 e. The van der Waals surface area contributed by atoms with Crippen molar-refractivity contribution in [3.05, 3.63) is 101 Å². The number of carbonyl (C=O) groups is 3. The molecule has 0 spiro atoms. The number of benzene rings is 4. The highest BCUT2D eigenvalue weighted by atomic mass is 35.5. The first kappa shape index (κ1) is 28.1. The number of halogens is 1. The van der Waals surface area contributed by atoms with E-state index in [1.807, 2.05) is 43.3 Å². The molecule has 0 fully saturated rings. The van der Waals surface area contributed by atoms with E-state index < -0.39 is 17.4 Å². The van der Waals surface area contributed by atoms with Crippen LogP contribution in [0.4, 0.5) is 17.1 Å². The molecular formula is C32H32ClN5O3. The summed E-state index contributed by atoms with van der Waals surface area (Å²) in [6.07, 6.45) is 0. The number of nitrogen functional groups attached to an aromatic ring is 1. The number of carbonyl (C=O) groups excluding carboxylic acids is 3. The van der Waals surface area contributed by atoms with E-state index >= 15 is 0 Å². The fourth-order valence-electron chi connectivity index (χ4n) is 5.46. The van der Waals surface area contributed by atoms with Gasteiger partial charge in [0.2, 0.25) is 11.8 Å². The third-order valence-electron chi connectivity index (χ3n) is 8.17. The molecule has 0 aromatic heterocycles. The predicted octanol–water partition coefficient (Wildman–Crippen LogP) is 4.66. The Bertz CT molecular complexity index is 1670. The van der Waals surface area contributed by atoms with Crippen molar-refractivity contribution in [2.45, 2.75) is 25.9 Å². The highest BCUT2D eigenvalue weighted by molar-refractivity contribution is 6.31. The van der Waals surface area contributed by atoms with Crippen LogP contribution in [0.3, 0.4) is 0 Å². The number of rotatable bonds is 6. The van der Waals surface area contributed by atoms with E-state index in [2.05, 4.69) is 5.32 Å². The monoisotopic (exact) mass is 569 g/mol. The number of nitrogens with two attached hydrogens (primary N) is 2. The largest absolute Gasteiger partial charge is 0.399 e. The molecule has 0 radical (unpaired) electrons. The second kappa shape index (κ2) is 10.9. The molecular weight excluding hydrogens is 538 g/mol. The molecule has 5 N–H and O–H groups in total. The van der Waals surface area contributed by atoms with E-state index in [4.69, 9.17) is 23.1 Å². The summed E-state index contributed by atoms with van der Waals surface area (Å²) in [5, 5.41) is 5.43. The van der Waals surface area contributed by atoms with Gasteiger partial charge >= 0.3 is 0 Å². The Morgan fingerprint density at radius 3 is 2.41 bits per heavy atom. The quantitative estimate of drug-likeness (QED) is 0.292. The summed E-state index contributed by atoms with van der Waals surface area (Å²) in [7, 11) is 1.58. The maximum absolute atomic E-state index is 14.6. The first-order chi connectivity index (χ1) is 19.5. The maximum atomic E-state index is 14.6. The number of amides is 3. The fraction of sp³-hybridized carbons (Fsp3) is 0.219. The summed E-state index contributed by atoms with van der Waals surface area (Å²) in [6.45, 7) is 3.69. The number of primary amides is 1. The molecule has 1 aliphatic heterocycles. The number of aryl methyl sites for hydroxylation is 1. The van der Waals surface area contributed by atoms with Crippen molar-refractivity contribution in [2.75, 3.05) is 29.1 Å². The zero-order valence-electron chi connectivity index (χ0n) is 23.1. The molecule has 0 bridgehead atoms. The maximum Gasteiger partial charge on any atom is 0.258 e. The van der Waals surface area contributed by atoms with Gasteiger partial charge in [0.15, 0.2) is 0 Å². The molecule has 1 aliphatic rings. The molecule has 0 aliphatic carbocycles. The van der Waals surface area contributed by atoms with E-state index in [0.717, 1.165) is 21.9 Å². The van der Waals surface area contributed by atoms with Crippen molar-refractivity contribution in [1.29, 1.82) is 0 Å². The Morgan fingerprint density at radius 1 is 1.02 bits per heavy atom. The van der Waals surface area contributed by atoms with Crippen molar-refractivity contribution in [3.63, 3.8) is 0 Å². The summed E-state index contributed by atoms with van der Waals surface area (Å²) in [5.41, 5.74) is 14.1. The molecule has 2 atom stereocenters. The van der Waals surface area contributed by atoms with Gasteiger partial charge in [-0.2, -0.15) is 0 Å². The average molecular weight is 570 g/mol. The number of hydrogen-bond donors (Lipinski definition) is 3. The summed E-state index contributed by atoms with van der Waals surface area (Å²) in [5.74, 6) is -2.44. The van der Waals surface area contributed by atoms with Crippen LogP contribution in [0.1, 0.15) is 28.4 Å². The summed E-state index contributed by atoms with van der Waals surface area (Å²) in [6, 6.07) is 23.7. The van der Waals surface area contributed by atoms with Crippen LogP contribution in [0.25, 0.3) is 10.8 Å². The van der Waals surface area contributed by atoms with Crippen molar-refractivity contribution in [2.24, 2.45) is 11.7 Å². The van der Waals surface area contributed by atoms with Crippen molar-refractivity contribution < 1.29 is 14.4 Å². The van der Waals surface area contributed by atoms with Crippen LogP contribution >= 0.6 is 11.6 Å². The van der Waals surface area contributed by atoms with Gasteiger partial charge in [-0.05, 0) is 85.3 Å². The zero-order chi connectivity index (χ0) is 29.5. The molecule has 1 unspecified atom stereocenters. The Morgan fingerprint density at radius 2 is 1.73 bits per heavy atom. The minimum absolute atomic E-state index is 0.110. The van der Waals surface area contributed by atoms with Gasteiger partial charge in [0.25, 0.3) is 5.91 Å². The van der Waals surface area contributed by atoms with E-state index in [1.165, 1.54) is 4.90 Å². The minimum atomic E-state index is -1.46. The summed E-state index contributed by atoms with van der Waals surface area (Å²) < 4.78 is 0. The number of likely N-dealkylation sites (N-methyl/N-ethyl adjacent to an activating group) is 1. The Balaban J connectivity index is 1.73. The third-order valence-corrected chi connectivity index (χ3v) is 8.41. The SMILES string of the molecule is CNC(C)(C(N)=O)[C@@H]1CN(C(=O)c2ccc(N)cc2)c2cc(Cl)ccc2N(Cc2c(C)ccc3ccccc23)C1=O. The smallest absolute Gasteiger partial charge is 0.258 e. The number of hydrogen-bond acceptors (Lipinski definition) is 5. The highest BCUT2D eigenvalue weighted by Crippen LogP contribution is 2.41. The van der Waals surface area contributed by atoms with Crippen LogP contribution in [-0.4, -0.2) is 36.9 Å². The third kappa shape index (κ3) is 5.01. The number of anilines is 3. The standard InChI is InChI=1S/C32H32ClN5O3/c1-19-8-9-20-6-4-5-7-24(20)25(19)17-37-27-15-12-22(33)16-28(27)38(29(39)21-10-13-23(34)14-11-21)18-26(30(37)40)32(2,36-3)31(35)41/h4-16,26,36H,17-18,34H2,1-3H3,(H2,35,41)/t26-,32?/m1/s1. The molecule has 3 amide bonds. The van der Waals surface area contributed by atoms with Gasteiger partial charge in [0.05, 0.1) is 23.8 Å². The van der Waals surface area contributed by atoms with Gasteiger partial charge in [0, 0.05) is 22.8 Å². The van der Waals surface area contributed by atoms with Gasteiger partial charge in [-0.1, -0.05) is 48.0 Å². The molecule has 0 saturated carbocycles. The van der Waals surface area contributed by atoms with E-state index in [-0.39, 0.29) is 24.9 Å². The van der Waals surface area contributed by atoms with Gasteiger partial charge < -0.3 is 26.6 Å². The normalized spacial score (nSPS) is 16.7. The van der Waals surface area contributed by atoms with E-state index in [0.29, 0.717) is 27.6 Å². The predicted molar refractivity (Wildman–Crippen MR) is 164 cm³/mol. The molecule has 210 valence electrons. The van der Waals surface area contributed by atoms with Crippen molar-refractivity contribution in [3.8, 4) is 0 Å². The fourth-order valence-corrected chi connectivity index (χ4v) is 5.62. The molecule has 0 saturated heterocycles. The lowest BCUT2D eigenvalue weighted by molar-refractivity contribution is -0.133. The highest BCUT2D eigenvalue weighted by Gasteiger charge is 2.49. The first-order valence-corrected chi connectivity index (χ1v) is 13.7. The van der Waals surface area contributed by atoms with Gasteiger partial charge in [-0.25, -0.2) is 0 Å². The van der Waals surface area contributed by atoms with Crippen molar-refractivity contribution in [1.82, 2.24) is 5.32 Å². The molecule has 9 heteroatoms.